The lowest BCUT2D eigenvalue weighted by molar-refractivity contribution is -0.153. The molecule has 0 spiro atoms. The number of anilines is 1. The number of halogens is 4. The first-order chi connectivity index (χ1) is 15.7. The monoisotopic (exact) mass is 480 g/mol. The van der Waals surface area contributed by atoms with Gasteiger partial charge in [-0.25, -0.2) is 4.68 Å². The van der Waals surface area contributed by atoms with E-state index in [1.807, 2.05) is 0 Å². The zero-order valence-electron chi connectivity index (χ0n) is 17.1. The van der Waals surface area contributed by atoms with Crippen molar-refractivity contribution in [3.8, 4) is 22.7 Å². The molecular weight excluding hydrogens is 461 g/mol. The molecule has 2 atom stereocenters. The Morgan fingerprint density at radius 3 is 2.73 bits per heavy atom. The van der Waals surface area contributed by atoms with E-state index in [1.54, 1.807) is 42.5 Å². The van der Waals surface area contributed by atoms with Gasteiger partial charge in [0.15, 0.2) is 12.4 Å². The van der Waals surface area contributed by atoms with Gasteiger partial charge < -0.3 is 15.2 Å². The lowest BCUT2D eigenvalue weighted by Crippen LogP contribution is -2.25. The summed E-state index contributed by atoms with van der Waals surface area (Å²) < 4.78 is 44.0. The molecule has 1 aliphatic heterocycles. The minimum absolute atomic E-state index is 0.0355. The van der Waals surface area contributed by atoms with E-state index in [0.717, 1.165) is 0 Å². The molecule has 1 aliphatic rings. The fourth-order valence-corrected chi connectivity index (χ4v) is 3.72. The highest BCUT2D eigenvalue weighted by Crippen LogP contribution is 2.32. The Labute approximate surface area is 192 Å². The molecule has 0 aliphatic carbocycles. The van der Waals surface area contributed by atoms with E-state index in [-0.39, 0.29) is 23.9 Å². The molecule has 0 radical (unpaired) electrons. The summed E-state index contributed by atoms with van der Waals surface area (Å²) in [5, 5.41) is 20.0. The number of ether oxygens (including phenoxy) is 1. The van der Waals surface area contributed by atoms with Crippen molar-refractivity contribution < 1.29 is 27.8 Å². The van der Waals surface area contributed by atoms with Crippen molar-refractivity contribution in [1.82, 2.24) is 15.1 Å². The Bertz CT molecular complexity index is 1150. The van der Waals surface area contributed by atoms with Gasteiger partial charge in [0.05, 0.1) is 22.3 Å². The maximum atomic E-state index is 12.6. The van der Waals surface area contributed by atoms with Crippen LogP contribution in [0.3, 0.4) is 0 Å². The third kappa shape index (κ3) is 5.65. The Kier molecular flexibility index (Phi) is 6.59. The second-order valence-corrected chi connectivity index (χ2v) is 7.96. The minimum atomic E-state index is -4.46. The van der Waals surface area contributed by atoms with E-state index < -0.39 is 24.9 Å². The predicted molar refractivity (Wildman–Crippen MR) is 116 cm³/mol. The van der Waals surface area contributed by atoms with Gasteiger partial charge >= 0.3 is 6.18 Å². The van der Waals surface area contributed by atoms with Crippen LogP contribution >= 0.6 is 11.6 Å². The first-order valence-corrected chi connectivity index (χ1v) is 10.4. The van der Waals surface area contributed by atoms with Gasteiger partial charge in [-0.3, -0.25) is 10.1 Å². The molecule has 2 heterocycles. The molecule has 1 amide bonds. The van der Waals surface area contributed by atoms with Gasteiger partial charge in [-0.05, 0) is 30.7 Å². The van der Waals surface area contributed by atoms with Gasteiger partial charge in [0.1, 0.15) is 12.0 Å². The summed E-state index contributed by atoms with van der Waals surface area (Å²) in [6.07, 6.45) is -4.92. The van der Waals surface area contributed by atoms with E-state index in [9.17, 15) is 23.1 Å². The molecule has 174 valence electrons. The van der Waals surface area contributed by atoms with Crippen LogP contribution in [0, 0.1) is 5.92 Å². The SMILES string of the molecule is O=C(Nc1cc(-c2cccc(OCC(F)(F)F)c2)n(-c2ccccc2Cl)n1)[C@H]1CNC(O)C1. The number of nitrogens with one attached hydrogen (secondary N) is 2. The molecule has 3 aromatic rings. The van der Waals surface area contributed by atoms with Gasteiger partial charge in [-0.2, -0.15) is 13.2 Å². The average molecular weight is 481 g/mol. The Hall–Kier alpha value is -3.08. The van der Waals surface area contributed by atoms with Crippen LogP contribution in [0.5, 0.6) is 5.75 Å². The third-order valence-electron chi connectivity index (χ3n) is 5.05. The summed E-state index contributed by atoms with van der Waals surface area (Å²) in [4.78, 5) is 12.6. The maximum absolute atomic E-state index is 12.6. The number of hydrogen-bond donors (Lipinski definition) is 3. The smallest absolute Gasteiger partial charge is 0.422 e. The van der Waals surface area contributed by atoms with Crippen LogP contribution in [0.15, 0.2) is 54.6 Å². The second-order valence-electron chi connectivity index (χ2n) is 7.56. The molecule has 0 saturated carbocycles. The normalized spacial score (nSPS) is 18.3. The number of carbonyl (C=O) groups excluding carboxylic acids is 1. The van der Waals surface area contributed by atoms with Crippen molar-refractivity contribution in [2.24, 2.45) is 5.92 Å². The quantitative estimate of drug-likeness (QED) is 0.496. The van der Waals surface area contributed by atoms with Crippen LogP contribution in [-0.2, 0) is 4.79 Å². The van der Waals surface area contributed by atoms with Crippen LogP contribution in [0.25, 0.3) is 16.9 Å². The summed E-state index contributed by atoms with van der Waals surface area (Å²) in [5.74, 6) is -0.462. The van der Waals surface area contributed by atoms with Crippen molar-refractivity contribution in [2.75, 3.05) is 18.5 Å². The van der Waals surface area contributed by atoms with E-state index in [2.05, 4.69) is 15.7 Å². The van der Waals surface area contributed by atoms with Crippen molar-refractivity contribution in [3.05, 3.63) is 59.6 Å². The Balaban J connectivity index is 1.68. The van der Waals surface area contributed by atoms with Crippen molar-refractivity contribution in [1.29, 1.82) is 0 Å². The third-order valence-corrected chi connectivity index (χ3v) is 5.37. The number of rotatable bonds is 6. The van der Waals surface area contributed by atoms with Crippen molar-refractivity contribution in [2.45, 2.75) is 18.8 Å². The fraction of sp³-hybridized carbons (Fsp3) is 0.273. The van der Waals surface area contributed by atoms with E-state index >= 15 is 0 Å². The van der Waals surface area contributed by atoms with Gasteiger partial charge in [-0.1, -0.05) is 35.9 Å². The van der Waals surface area contributed by atoms with Crippen molar-refractivity contribution >= 4 is 23.3 Å². The largest absolute Gasteiger partial charge is 0.484 e. The number of aliphatic hydroxyl groups excluding tert-OH is 1. The van der Waals surface area contributed by atoms with Gasteiger partial charge in [0.25, 0.3) is 0 Å². The van der Waals surface area contributed by atoms with Crippen LogP contribution in [0.4, 0.5) is 19.0 Å². The highest BCUT2D eigenvalue weighted by atomic mass is 35.5. The minimum Gasteiger partial charge on any atom is -0.484 e. The molecule has 2 aromatic carbocycles. The number of alkyl halides is 3. The molecule has 3 N–H and O–H groups in total. The number of aromatic nitrogens is 2. The number of aliphatic hydroxyl groups is 1. The second kappa shape index (κ2) is 9.42. The van der Waals surface area contributed by atoms with Crippen LogP contribution < -0.4 is 15.4 Å². The predicted octanol–water partition coefficient (Wildman–Crippen LogP) is 4.00. The summed E-state index contributed by atoms with van der Waals surface area (Å²) in [6, 6.07) is 14.7. The highest BCUT2D eigenvalue weighted by Gasteiger charge is 2.30. The Morgan fingerprint density at radius 1 is 1.24 bits per heavy atom. The highest BCUT2D eigenvalue weighted by molar-refractivity contribution is 6.32. The van der Waals surface area contributed by atoms with Crippen LogP contribution in [0.1, 0.15) is 6.42 Å². The van der Waals surface area contributed by atoms with Crippen LogP contribution in [0.2, 0.25) is 5.02 Å². The van der Waals surface area contributed by atoms with Gasteiger partial charge in [0, 0.05) is 18.2 Å². The molecule has 1 saturated heterocycles. The molecule has 7 nitrogen and oxygen atoms in total. The number of amides is 1. The zero-order chi connectivity index (χ0) is 23.6. The number of carbonyl (C=O) groups is 1. The summed E-state index contributed by atoms with van der Waals surface area (Å²) in [7, 11) is 0. The lowest BCUT2D eigenvalue weighted by Gasteiger charge is -2.12. The van der Waals surface area contributed by atoms with E-state index in [0.29, 0.717) is 28.5 Å². The van der Waals surface area contributed by atoms with Gasteiger partial charge in [-0.15, -0.1) is 5.10 Å². The number of nitrogens with zero attached hydrogens (tertiary/aromatic N) is 2. The standard InChI is InChI=1S/C22H20ClF3N4O3/c23-16-6-1-2-7-17(16)30-18(13-4-3-5-15(8-13)33-12-22(24,25)26)10-19(29-30)28-21(32)14-9-20(31)27-11-14/h1-8,10,14,20,27,31H,9,11-12H2,(H,28,29,32)/t14-,20?/m1/s1. The molecule has 1 fully saturated rings. The summed E-state index contributed by atoms with van der Waals surface area (Å²) >= 11 is 6.35. The molecule has 1 aromatic heterocycles. The maximum Gasteiger partial charge on any atom is 0.422 e. The van der Waals surface area contributed by atoms with Gasteiger partial charge in [0.2, 0.25) is 5.91 Å². The van der Waals surface area contributed by atoms with Crippen molar-refractivity contribution in [3.63, 3.8) is 0 Å². The molecule has 33 heavy (non-hydrogen) atoms. The zero-order valence-corrected chi connectivity index (χ0v) is 17.9. The first-order valence-electron chi connectivity index (χ1n) is 10.1. The molecule has 0 bridgehead atoms. The summed E-state index contributed by atoms with van der Waals surface area (Å²) in [6.45, 7) is -1.08. The van der Waals surface area contributed by atoms with E-state index in [4.69, 9.17) is 16.3 Å². The average Bonchev–Trinajstić information content (AvgIpc) is 3.39. The van der Waals surface area contributed by atoms with Crippen LogP contribution in [-0.4, -0.2) is 46.4 Å². The van der Waals surface area contributed by atoms with E-state index in [1.165, 1.54) is 16.8 Å². The lowest BCUT2D eigenvalue weighted by atomic mass is 10.1. The fourth-order valence-electron chi connectivity index (χ4n) is 3.51. The number of benzene rings is 2. The number of hydrogen-bond acceptors (Lipinski definition) is 5. The first kappa shape index (κ1) is 23.1. The Morgan fingerprint density at radius 2 is 2.03 bits per heavy atom. The molecule has 1 unspecified atom stereocenters. The molecular formula is C22H20ClF3N4O3. The molecule has 11 heteroatoms. The topological polar surface area (TPSA) is 88.4 Å². The number of para-hydroxylation sites is 1. The summed E-state index contributed by atoms with van der Waals surface area (Å²) in [5.41, 5.74) is 1.52. The molecule has 4 rings (SSSR count).